The number of fused-ring (bicyclic) bond motifs is 1. The largest absolute Gasteiger partial charge is 0.493 e. The van der Waals surface area contributed by atoms with Crippen molar-refractivity contribution in [3.63, 3.8) is 0 Å². The Hall–Kier alpha value is -3.39. The lowest BCUT2D eigenvalue weighted by atomic mass is 10.2. The third-order valence-corrected chi connectivity index (χ3v) is 4.95. The molecule has 0 radical (unpaired) electrons. The number of non-ortho nitro benzene ring substituents is 1. The van der Waals surface area contributed by atoms with Gasteiger partial charge in [0.15, 0.2) is 11.5 Å². The van der Waals surface area contributed by atoms with Crippen LogP contribution in [0.5, 0.6) is 11.5 Å². The summed E-state index contributed by atoms with van der Waals surface area (Å²) in [5.41, 5.74) is 3.10. The summed E-state index contributed by atoms with van der Waals surface area (Å²) >= 11 is 3.41. The number of nitro groups is 1. The smallest absolute Gasteiger partial charge is 0.271 e. The Morgan fingerprint density at radius 3 is 2.59 bits per heavy atom. The second-order valence-corrected chi connectivity index (χ2v) is 7.24. The van der Waals surface area contributed by atoms with Crippen molar-refractivity contribution in [3.8, 4) is 22.9 Å². The van der Waals surface area contributed by atoms with Crippen molar-refractivity contribution < 1.29 is 14.4 Å². The van der Waals surface area contributed by atoms with Crippen molar-refractivity contribution in [2.75, 3.05) is 7.11 Å². The third-order valence-electron chi connectivity index (χ3n) is 4.42. The first kappa shape index (κ1) is 18.9. The summed E-state index contributed by atoms with van der Waals surface area (Å²) in [4.78, 5) is 18.2. The number of halogens is 1. The maximum atomic E-state index is 11.0. The summed E-state index contributed by atoms with van der Waals surface area (Å²) in [6.45, 7) is 0.414. The molecule has 0 bridgehead atoms. The molecule has 7 nitrogen and oxygen atoms in total. The van der Waals surface area contributed by atoms with E-state index in [1.54, 1.807) is 13.2 Å². The maximum Gasteiger partial charge on any atom is 0.271 e. The van der Waals surface area contributed by atoms with E-state index in [-0.39, 0.29) is 5.69 Å². The van der Waals surface area contributed by atoms with Crippen molar-refractivity contribution in [2.45, 2.75) is 6.61 Å². The van der Waals surface area contributed by atoms with Gasteiger partial charge in [-0.1, -0.05) is 28.1 Å². The number of aromatic amines is 1. The number of rotatable bonds is 6. The van der Waals surface area contributed by atoms with Gasteiger partial charge in [0.1, 0.15) is 12.4 Å². The van der Waals surface area contributed by atoms with E-state index in [0.29, 0.717) is 35.0 Å². The zero-order valence-electron chi connectivity index (χ0n) is 15.4. The molecule has 0 spiro atoms. The number of nitro benzene ring substituents is 1. The van der Waals surface area contributed by atoms with Crippen LogP contribution in [0.15, 0.2) is 65.1 Å². The molecule has 4 aromatic rings. The molecular formula is C21H16BrN3O4. The van der Waals surface area contributed by atoms with Crippen LogP contribution in [0.25, 0.3) is 22.4 Å². The Morgan fingerprint density at radius 1 is 1.07 bits per heavy atom. The van der Waals surface area contributed by atoms with Crippen LogP contribution in [0.4, 0.5) is 5.69 Å². The summed E-state index contributed by atoms with van der Waals surface area (Å²) < 4.78 is 12.4. The highest BCUT2D eigenvalue weighted by atomic mass is 79.9. The molecule has 0 aliphatic rings. The lowest BCUT2D eigenvalue weighted by Crippen LogP contribution is -1.98. The number of methoxy groups -OCH3 is 1. The molecule has 146 valence electrons. The molecule has 1 aromatic heterocycles. The molecule has 0 aliphatic heterocycles. The zero-order valence-corrected chi connectivity index (χ0v) is 17.0. The van der Waals surface area contributed by atoms with Crippen molar-refractivity contribution >= 4 is 32.7 Å². The number of aromatic nitrogens is 2. The van der Waals surface area contributed by atoms with Gasteiger partial charge in [-0.05, 0) is 42.0 Å². The molecular weight excluding hydrogens is 438 g/mol. The molecule has 0 amide bonds. The van der Waals surface area contributed by atoms with E-state index >= 15 is 0 Å². The minimum atomic E-state index is -0.430. The van der Waals surface area contributed by atoms with Gasteiger partial charge in [0, 0.05) is 22.2 Å². The molecule has 0 fully saturated rings. The average Bonchev–Trinajstić information content (AvgIpc) is 3.16. The Kier molecular flexibility index (Phi) is 5.18. The summed E-state index contributed by atoms with van der Waals surface area (Å²) in [6.07, 6.45) is 0. The highest BCUT2D eigenvalue weighted by Gasteiger charge is 2.13. The van der Waals surface area contributed by atoms with E-state index < -0.39 is 4.92 Å². The van der Waals surface area contributed by atoms with E-state index in [2.05, 4.69) is 25.9 Å². The first-order valence-corrected chi connectivity index (χ1v) is 9.52. The van der Waals surface area contributed by atoms with Gasteiger partial charge in [0.05, 0.1) is 23.1 Å². The van der Waals surface area contributed by atoms with Crippen LogP contribution in [0.3, 0.4) is 0 Å². The van der Waals surface area contributed by atoms with E-state index in [1.165, 1.54) is 12.1 Å². The van der Waals surface area contributed by atoms with Crippen molar-refractivity contribution in [3.05, 3.63) is 80.8 Å². The lowest BCUT2D eigenvalue weighted by Gasteiger charge is -2.12. The molecule has 1 N–H and O–H groups in total. The first-order chi connectivity index (χ1) is 14.0. The van der Waals surface area contributed by atoms with Crippen LogP contribution < -0.4 is 9.47 Å². The van der Waals surface area contributed by atoms with E-state index in [9.17, 15) is 10.1 Å². The Balaban J connectivity index is 1.59. The Bertz CT molecular complexity index is 1190. The molecule has 0 atom stereocenters. The highest BCUT2D eigenvalue weighted by molar-refractivity contribution is 9.10. The van der Waals surface area contributed by atoms with Crippen molar-refractivity contribution in [2.24, 2.45) is 0 Å². The van der Waals surface area contributed by atoms with Gasteiger partial charge in [-0.15, -0.1) is 0 Å². The van der Waals surface area contributed by atoms with E-state index in [4.69, 9.17) is 9.47 Å². The van der Waals surface area contributed by atoms with Crippen LogP contribution in [0.1, 0.15) is 5.56 Å². The molecule has 4 rings (SSSR count). The van der Waals surface area contributed by atoms with Crippen molar-refractivity contribution in [1.82, 2.24) is 9.97 Å². The minimum absolute atomic E-state index is 0.0157. The zero-order chi connectivity index (χ0) is 20.4. The molecule has 29 heavy (non-hydrogen) atoms. The normalized spacial score (nSPS) is 10.8. The van der Waals surface area contributed by atoms with Gasteiger partial charge in [-0.3, -0.25) is 10.1 Å². The number of hydrogen-bond donors (Lipinski definition) is 1. The second kappa shape index (κ2) is 7.92. The summed E-state index contributed by atoms with van der Waals surface area (Å²) in [7, 11) is 1.58. The number of nitrogens with one attached hydrogen (secondary N) is 1. The van der Waals surface area contributed by atoms with E-state index in [1.807, 2.05) is 42.5 Å². The number of hydrogen-bond acceptors (Lipinski definition) is 5. The lowest BCUT2D eigenvalue weighted by molar-refractivity contribution is -0.384. The SMILES string of the molecule is COc1cc(-c2nc3ccc([N+](=O)[O-])cc3[nH]2)ccc1OCc1ccc(Br)cc1. The fourth-order valence-corrected chi connectivity index (χ4v) is 3.19. The first-order valence-electron chi connectivity index (χ1n) is 8.73. The highest BCUT2D eigenvalue weighted by Crippen LogP contribution is 2.33. The van der Waals surface area contributed by atoms with Gasteiger partial charge in [-0.2, -0.15) is 0 Å². The molecule has 3 aromatic carbocycles. The predicted octanol–water partition coefficient (Wildman–Crippen LogP) is 5.49. The van der Waals surface area contributed by atoms with Gasteiger partial charge >= 0.3 is 0 Å². The maximum absolute atomic E-state index is 11.0. The summed E-state index contributed by atoms with van der Waals surface area (Å²) in [6, 6.07) is 17.9. The molecule has 0 saturated heterocycles. The standard InChI is InChI=1S/C21H16BrN3O4/c1-28-20-10-14(4-9-19(20)29-12-13-2-5-15(22)6-3-13)21-23-17-8-7-16(25(26)27)11-18(17)24-21/h2-11H,12H2,1H3,(H,23,24). The summed E-state index contributed by atoms with van der Waals surface area (Å²) in [5.74, 6) is 1.79. The van der Waals surface area contributed by atoms with Crippen LogP contribution in [0.2, 0.25) is 0 Å². The summed E-state index contributed by atoms with van der Waals surface area (Å²) in [5, 5.41) is 11.0. The van der Waals surface area contributed by atoms with Gasteiger partial charge in [0.2, 0.25) is 0 Å². The third kappa shape index (κ3) is 4.07. The van der Waals surface area contributed by atoms with Crippen LogP contribution in [-0.2, 0) is 6.61 Å². The Morgan fingerprint density at radius 2 is 1.86 bits per heavy atom. The van der Waals surface area contributed by atoms with Crippen LogP contribution in [0, 0.1) is 10.1 Å². The predicted molar refractivity (Wildman–Crippen MR) is 113 cm³/mol. The fourth-order valence-electron chi connectivity index (χ4n) is 2.92. The molecule has 8 heteroatoms. The molecule has 0 saturated carbocycles. The minimum Gasteiger partial charge on any atom is -0.493 e. The fraction of sp³-hybridized carbons (Fsp3) is 0.0952. The molecule has 1 heterocycles. The van der Waals surface area contributed by atoms with Crippen LogP contribution in [-0.4, -0.2) is 22.0 Å². The van der Waals surface area contributed by atoms with Crippen molar-refractivity contribution in [1.29, 1.82) is 0 Å². The van der Waals surface area contributed by atoms with Gasteiger partial charge in [0.25, 0.3) is 5.69 Å². The number of benzene rings is 3. The van der Waals surface area contributed by atoms with E-state index in [0.717, 1.165) is 15.6 Å². The molecule has 0 unspecified atom stereocenters. The number of ether oxygens (including phenoxy) is 2. The van der Waals surface area contributed by atoms with Crippen LogP contribution >= 0.6 is 15.9 Å². The second-order valence-electron chi connectivity index (χ2n) is 6.32. The average molecular weight is 454 g/mol. The van der Waals surface area contributed by atoms with Gasteiger partial charge in [-0.25, -0.2) is 4.98 Å². The quantitative estimate of drug-likeness (QED) is 0.308. The number of H-pyrrole nitrogens is 1. The Labute approximate surface area is 174 Å². The number of imidazole rings is 1. The number of nitrogens with zero attached hydrogens (tertiary/aromatic N) is 2. The monoisotopic (exact) mass is 453 g/mol. The topological polar surface area (TPSA) is 90.3 Å². The molecule has 0 aliphatic carbocycles. The van der Waals surface area contributed by atoms with Gasteiger partial charge < -0.3 is 14.5 Å².